The normalized spacial score (nSPS) is 19.9. The van der Waals surface area contributed by atoms with Crippen LogP contribution >= 0.6 is 23.2 Å². The molecule has 1 fully saturated rings. The number of hydrogen-bond acceptors (Lipinski definition) is 3. The Morgan fingerprint density at radius 3 is 2.81 bits per heavy atom. The van der Waals surface area contributed by atoms with Crippen molar-refractivity contribution in [2.75, 3.05) is 11.4 Å². The number of primary amides is 1. The van der Waals surface area contributed by atoms with Crippen LogP contribution in [0.4, 0.5) is 5.69 Å². The zero-order chi connectivity index (χ0) is 15.6. The summed E-state index contributed by atoms with van der Waals surface area (Å²) in [5.41, 5.74) is 5.87. The minimum atomic E-state index is -0.387. The number of hydrogen-bond donors (Lipinski definition) is 2. The van der Waals surface area contributed by atoms with Crippen LogP contribution in [-0.2, 0) is 9.59 Å². The number of carbonyl (C=O) groups excluding carboxylic acids is 2. The lowest BCUT2D eigenvalue weighted by Crippen LogP contribution is -2.43. The molecule has 0 bridgehead atoms. The minimum Gasteiger partial charge on any atom is -0.370 e. The fraction of sp³-hybridized carbons (Fsp3) is 0.429. The van der Waals surface area contributed by atoms with Crippen LogP contribution in [0.3, 0.4) is 0 Å². The van der Waals surface area contributed by atoms with Crippen molar-refractivity contribution in [3.63, 3.8) is 0 Å². The molecule has 1 saturated heterocycles. The van der Waals surface area contributed by atoms with Gasteiger partial charge in [0.15, 0.2) is 0 Å². The number of nitrogens with one attached hydrogen (secondary N) is 1. The maximum atomic E-state index is 12.4. The summed E-state index contributed by atoms with van der Waals surface area (Å²) >= 11 is 11.9. The van der Waals surface area contributed by atoms with Gasteiger partial charge in [-0.3, -0.25) is 9.59 Å². The van der Waals surface area contributed by atoms with Gasteiger partial charge in [0, 0.05) is 24.7 Å². The molecule has 0 radical (unpaired) electrons. The summed E-state index contributed by atoms with van der Waals surface area (Å²) in [5.74, 6) is -0.425. The van der Waals surface area contributed by atoms with E-state index in [1.807, 2.05) is 6.92 Å². The molecule has 0 aliphatic carbocycles. The second-order valence-electron chi connectivity index (χ2n) is 5.17. The highest BCUT2D eigenvalue weighted by atomic mass is 35.5. The van der Waals surface area contributed by atoms with E-state index in [0.717, 1.165) is 5.69 Å². The van der Waals surface area contributed by atoms with Crippen molar-refractivity contribution >= 4 is 40.7 Å². The summed E-state index contributed by atoms with van der Waals surface area (Å²) in [4.78, 5) is 24.9. The molecule has 3 N–H and O–H groups in total. The van der Waals surface area contributed by atoms with Crippen LogP contribution in [0.25, 0.3) is 0 Å². The van der Waals surface area contributed by atoms with Gasteiger partial charge in [0.05, 0.1) is 16.1 Å². The quantitative estimate of drug-likeness (QED) is 0.866. The Morgan fingerprint density at radius 2 is 2.19 bits per heavy atom. The summed E-state index contributed by atoms with van der Waals surface area (Å²) in [6.45, 7) is 2.43. The second kappa shape index (κ2) is 6.64. The number of nitrogens with two attached hydrogens (primary N) is 1. The predicted molar refractivity (Wildman–Crippen MR) is 83.6 cm³/mol. The largest absolute Gasteiger partial charge is 0.370 e. The predicted octanol–water partition coefficient (Wildman–Crippen LogP) is 1.95. The van der Waals surface area contributed by atoms with E-state index in [1.54, 1.807) is 23.1 Å². The van der Waals surface area contributed by atoms with Crippen molar-refractivity contribution < 1.29 is 9.59 Å². The van der Waals surface area contributed by atoms with Crippen molar-refractivity contribution in [1.29, 1.82) is 0 Å². The molecule has 114 valence electrons. The number of benzene rings is 1. The number of carbonyl (C=O) groups is 2. The topological polar surface area (TPSA) is 75.4 Å². The van der Waals surface area contributed by atoms with Crippen LogP contribution in [0.15, 0.2) is 18.2 Å². The number of nitrogens with zero attached hydrogens (tertiary/aromatic N) is 1. The molecule has 2 rings (SSSR count). The molecular weight excluding hydrogens is 313 g/mol. The van der Waals surface area contributed by atoms with E-state index in [0.29, 0.717) is 23.0 Å². The lowest BCUT2D eigenvalue weighted by Gasteiger charge is -2.20. The van der Waals surface area contributed by atoms with Crippen molar-refractivity contribution in [3.05, 3.63) is 28.2 Å². The average molecular weight is 330 g/mol. The molecule has 1 aliphatic rings. The fourth-order valence-electron chi connectivity index (χ4n) is 2.45. The Morgan fingerprint density at radius 1 is 1.48 bits per heavy atom. The summed E-state index contributed by atoms with van der Waals surface area (Å²) < 4.78 is 0. The summed E-state index contributed by atoms with van der Waals surface area (Å²) in [6, 6.07) is 4.67. The highest BCUT2D eigenvalue weighted by molar-refractivity contribution is 6.42. The third-order valence-electron chi connectivity index (χ3n) is 3.41. The Balaban J connectivity index is 2.04. The van der Waals surface area contributed by atoms with E-state index < -0.39 is 0 Å². The van der Waals surface area contributed by atoms with E-state index in [1.165, 1.54) is 0 Å². The third-order valence-corrected chi connectivity index (χ3v) is 4.15. The van der Waals surface area contributed by atoms with E-state index in [2.05, 4.69) is 5.32 Å². The molecule has 7 heteroatoms. The molecule has 0 aromatic heterocycles. The number of rotatable bonds is 5. The van der Waals surface area contributed by atoms with Gasteiger partial charge in [-0.1, -0.05) is 23.2 Å². The van der Waals surface area contributed by atoms with Gasteiger partial charge >= 0.3 is 0 Å². The van der Waals surface area contributed by atoms with Crippen LogP contribution < -0.4 is 16.0 Å². The van der Waals surface area contributed by atoms with Gasteiger partial charge in [-0.05, 0) is 31.5 Å². The van der Waals surface area contributed by atoms with Crippen molar-refractivity contribution in [2.24, 2.45) is 5.73 Å². The maximum Gasteiger partial charge on any atom is 0.244 e. The molecule has 1 aliphatic heterocycles. The molecule has 1 heterocycles. The zero-order valence-corrected chi connectivity index (χ0v) is 13.1. The molecule has 0 spiro atoms. The molecule has 0 unspecified atom stereocenters. The summed E-state index contributed by atoms with van der Waals surface area (Å²) in [7, 11) is 0. The lowest BCUT2D eigenvalue weighted by molar-refractivity contribution is -0.120. The number of halogens is 2. The molecule has 21 heavy (non-hydrogen) atoms. The van der Waals surface area contributed by atoms with Gasteiger partial charge in [-0.15, -0.1) is 0 Å². The zero-order valence-electron chi connectivity index (χ0n) is 11.6. The van der Waals surface area contributed by atoms with E-state index in [-0.39, 0.29) is 30.3 Å². The SMILES string of the molecule is C[C@@H](CC(N)=O)N[C@H]1CCN(c2ccc(Cl)c(Cl)c2)C1=O. The van der Waals surface area contributed by atoms with Gasteiger partial charge in [0.2, 0.25) is 11.8 Å². The standard InChI is InChI=1S/C14H17Cl2N3O2/c1-8(6-13(17)20)18-12-4-5-19(14(12)21)9-2-3-10(15)11(16)7-9/h2-3,7-8,12,18H,4-6H2,1H3,(H2,17,20)/t8-,12-/m0/s1. The van der Waals surface area contributed by atoms with Gasteiger partial charge < -0.3 is 16.0 Å². The smallest absolute Gasteiger partial charge is 0.244 e. The van der Waals surface area contributed by atoms with Gasteiger partial charge in [0.25, 0.3) is 0 Å². The van der Waals surface area contributed by atoms with Crippen molar-refractivity contribution in [1.82, 2.24) is 5.32 Å². The first kappa shape index (κ1) is 16.1. The van der Waals surface area contributed by atoms with Crippen LogP contribution in [0, 0.1) is 0 Å². The van der Waals surface area contributed by atoms with Gasteiger partial charge in [-0.2, -0.15) is 0 Å². The van der Waals surface area contributed by atoms with Gasteiger partial charge in [0.1, 0.15) is 0 Å². The first-order valence-electron chi connectivity index (χ1n) is 6.69. The average Bonchev–Trinajstić information content (AvgIpc) is 2.74. The van der Waals surface area contributed by atoms with Crippen LogP contribution in [0.5, 0.6) is 0 Å². The highest BCUT2D eigenvalue weighted by Gasteiger charge is 2.33. The van der Waals surface area contributed by atoms with Gasteiger partial charge in [-0.25, -0.2) is 0 Å². The van der Waals surface area contributed by atoms with Crippen LogP contribution in [-0.4, -0.2) is 30.4 Å². The van der Waals surface area contributed by atoms with Crippen LogP contribution in [0.1, 0.15) is 19.8 Å². The van der Waals surface area contributed by atoms with Crippen molar-refractivity contribution in [2.45, 2.75) is 31.8 Å². The molecule has 0 saturated carbocycles. The Kier molecular flexibility index (Phi) is 5.08. The molecule has 5 nitrogen and oxygen atoms in total. The number of anilines is 1. The summed E-state index contributed by atoms with van der Waals surface area (Å²) in [6.07, 6.45) is 0.874. The Hall–Kier alpha value is -1.30. The highest BCUT2D eigenvalue weighted by Crippen LogP contribution is 2.29. The molecule has 1 aromatic carbocycles. The molecule has 1 aromatic rings. The summed E-state index contributed by atoms with van der Waals surface area (Å²) in [5, 5.41) is 4.01. The maximum absolute atomic E-state index is 12.4. The molecule has 2 atom stereocenters. The first-order valence-corrected chi connectivity index (χ1v) is 7.45. The Bertz CT molecular complexity index is 565. The number of amides is 2. The lowest BCUT2D eigenvalue weighted by atomic mass is 10.1. The Labute approximate surface area is 133 Å². The monoisotopic (exact) mass is 329 g/mol. The van der Waals surface area contributed by atoms with Crippen LogP contribution in [0.2, 0.25) is 10.0 Å². The van der Waals surface area contributed by atoms with E-state index in [4.69, 9.17) is 28.9 Å². The fourth-order valence-corrected chi connectivity index (χ4v) is 2.74. The van der Waals surface area contributed by atoms with E-state index >= 15 is 0 Å². The molecule has 2 amide bonds. The third kappa shape index (κ3) is 3.87. The van der Waals surface area contributed by atoms with E-state index in [9.17, 15) is 9.59 Å². The van der Waals surface area contributed by atoms with Crippen molar-refractivity contribution in [3.8, 4) is 0 Å². The minimum absolute atomic E-state index is 0.0373. The second-order valence-corrected chi connectivity index (χ2v) is 5.98. The first-order chi connectivity index (χ1) is 9.88. The molecular formula is C14H17Cl2N3O2.